The van der Waals surface area contributed by atoms with E-state index in [0.29, 0.717) is 0 Å². The average Bonchev–Trinajstić information content (AvgIpc) is 2.16. The van der Waals surface area contributed by atoms with Gasteiger partial charge in [-0.05, 0) is 12.0 Å². The largest absolute Gasteiger partial charge is 0.298 e. The fourth-order valence-electron chi connectivity index (χ4n) is 0.847. The number of hydrogen-bond acceptors (Lipinski definition) is 2. The number of benzene rings is 1. The van der Waals surface area contributed by atoms with Crippen LogP contribution >= 0.6 is 28.7 Å². The van der Waals surface area contributed by atoms with Gasteiger partial charge in [-0.1, -0.05) is 37.3 Å². The van der Waals surface area contributed by atoms with Crippen LogP contribution in [-0.4, -0.2) is 5.04 Å². The zero-order chi connectivity index (χ0) is 8.81. The van der Waals surface area contributed by atoms with Crippen LogP contribution in [0.3, 0.4) is 0 Å². The molecule has 0 aliphatic heterocycles. The Morgan fingerprint density at radius 3 is 2.46 bits per heavy atom. The highest BCUT2D eigenvalue weighted by molar-refractivity contribution is 8.93. The molecule has 3 heteroatoms. The third-order valence-corrected chi connectivity index (χ3v) is 2.69. The minimum atomic E-state index is 0. The molecule has 72 valence electrons. The predicted octanol–water partition coefficient (Wildman–Crippen LogP) is 3.88. The second kappa shape index (κ2) is 7.15. The molecule has 1 aromatic carbocycles. The molecule has 1 nitrogen and oxygen atoms in total. The van der Waals surface area contributed by atoms with Crippen molar-refractivity contribution in [3.63, 3.8) is 0 Å². The lowest BCUT2D eigenvalue weighted by Crippen LogP contribution is -1.87. The van der Waals surface area contributed by atoms with Gasteiger partial charge in [0, 0.05) is 5.75 Å². The van der Waals surface area contributed by atoms with Crippen LogP contribution in [0.4, 0.5) is 0 Å². The van der Waals surface area contributed by atoms with Gasteiger partial charge in [0.15, 0.2) is 0 Å². The van der Waals surface area contributed by atoms with Crippen LogP contribution < -0.4 is 0 Å². The van der Waals surface area contributed by atoms with Crippen molar-refractivity contribution in [3.8, 4) is 0 Å². The van der Waals surface area contributed by atoms with E-state index in [4.69, 9.17) is 5.41 Å². The Kier molecular flexibility index (Phi) is 7.00. The Morgan fingerprint density at radius 1 is 1.31 bits per heavy atom. The minimum absolute atomic E-state index is 0. The van der Waals surface area contributed by atoms with Crippen molar-refractivity contribution < 1.29 is 0 Å². The molecule has 0 atom stereocenters. The molecule has 0 saturated carbocycles. The van der Waals surface area contributed by atoms with Crippen molar-refractivity contribution in [1.82, 2.24) is 0 Å². The molecule has 13 heavy (non-hydrogen) atoms. The summed E-state index contributed by atoms with van der Waals surface area (Å²) in [5.41, 5.74) is 1.29. The second-order valence-corrected chi connectivity index (χ2v) is 3.62. The van der Waals surface area contributed by atoms with Crippen molar-refractivity contribution in [3.05, 3.63) is 35.9 Å². The topological polar surface area (TPSA) is 23.9 Å². The van der Waals surface area contributed by atoms with Crippen molar-refractivity contribution in [1.29, 1.82) is 5.41 Å². The summed E-state index contributed by atoms with van der Waals surface area (Å²) in [4.78, 5) is 0. The number of thioether (sulfide) groups is 1. The molecule has 0 heterocycles. The van der Waals surface area contributed by atoms with Crippen LogP contribution in [0.1, 0.15) is 18.9 Å². The van der Waals surface area contributed by atoms with Crippen molar-refractivity contribution >= 4 is 33.8 Å². The van der Waals surface area contributed by atoms with Gasteiger partial charge in [0.1, 0.15) is 0 Å². The molecule has 0 aliphatic rings. The lowest BCUT2D eigenvalue weighted by Gasteiger charge is -2.00. The van der Waals surface area contributed by atoms with E-state index in [0.717, 1.165) is 17.2 Å². The van der Waals surface area contributed by atoms with E-state index in [2.05, 4.69) is 12.1 Å². The summed E-state index contributed by atoms with van der Waals surface area (Å²) < 4.78 is 0. The molecular formula is C10H14BrNS. The number of halogens is 1. The van der Waals surface area contributed by atoms with Gasteiger partial charge in [-0.3, -0.25) is 5.41 Å². The van der Waals surface area contributed by atoms with Gasteiger partial charge >= 0.3 is 0 Å². The number of hydrogen-bond donors (Lipinski definition) is 1. The molecule has 1 rings (SSSR count). The van der Waals surface area contributed by atoms with Crippen molar-refractivity contribution in [2.45, 2.75) is 19.1 Å². The molecule has 0 amide bonds. The van der Waals surface area contributed by atoms with Crippen molar-refractivity contribution in [2.24, 2.45) is 0 Å². The van der Waals surface area contributed by atoms with Crippen LogP contribution in [0.15, 0.2) is 30.3 Å². The van der Waals surface area contributed by atoms with Crippen LogP contribution in [0.2, 0.25) is 0 Å². The Morgan fingerprint density at radius 2 is 1.92 bits per heavy atom. The van der Waals surface area contributed by atoms with E-state index in [9.17, 15) is 0 Å². The molecule has 1 N–H and O–H groups in total. The van der Waals surface area contributed by atoms with Gasteiger partial charge in [0.2, 0.25) is 0 Å². The van der Waals surface area contributed by atoms with Crippen LogP contribution in [0.25, 0.3) is 0 Å². The zero-order valence-corrected chi connectivity index (χ0v) is 10.1. The molecule has 0 aliphatic carbocycles. The average molecular weight is 260 g/mol. The Hall–Kier alpha value is -0.280. The smallest absolute Gasteiger partial charge is 0.0641 e. The summed E-state index contributed by atoms with van der Waals surface area (Å²) in [5, 5.41) is 8.21. The second-order valence-electron chi connectivity index (χ2n) is 2.55. The SMILES string of the molecule is Br.CCC(=N)SCc1ccccc1. The highest BCUT2D eigenvalue weighted by Gasteiger charge is 1.95. The zero-order valence-electron chi connectivity index (χ0n) is 7.62. The maximum absolute atomic E-state index is 7.45. The highest BCUT2D eigenvalue weighted by atomic mass is 79.9. The van der Waals surface area contributed by atoms with Crippen molar-refractivity contribution in [2.75, 3.05) is 0 Å². The summed E-state index contributed by atoms with van der Waals surface area (Å²) >= 11 is 1.61. The van der Waals surface area contributed by atoms with Gasteiger partial charge in [-0.15, -0.1) is 28.7 Å². The summed E-state index contributed by atoms with van der Waals surface area (Å²) in [6.45, 7) is 2.01. The molecule has 0 unspecified atom stereocenters. The molecule has 0 aromatic heterocycles. The van der Waals surface area contributed by atoms with Crippen LogP contribution in [0.5, 0.6) is 0 Å². The van der Waals surface area contributed by atoms with E-state index < -0.39 is 0 Å². The maximum Gasteiger partial charge on any atom is 0.0641 e. The monoisotopic (exact) mass is 259 g/mol. The number of nitrogens with one attached hydrogen (secondary N) is 1. The Bertz CT molecular complexity index is 248. The summed E-state index contributed by atoms with van der Waals surface area (Å²) in [5.74, 6) is 0.924. The quantitative estimate of drug-likeness (QED) is 0.647. The standard InChI is InChI=1S/C10H13NS.BrH/c1-2-10(11)12-8-9-6-4-3-5-7-9;/h3-7,11H,2,8H2,1H3;1H. The molecule has 0 spiro atoms. The first-order valence-corrected chi connectivity index (χ1v) is 5.05. The van der Waals surface area contributed by atoms with E-state index in [1.165, 1.54) is 5.56 Å². The Labute approximate surface area is 94.2 Å². The van der Waals surface area contributed by atoms with Crippen LogP contribution in [-0.2, 0) is 5.75 Å². The molecular weight excluding hydrogens is 246 g/mol. The van der Waals surface area contributed by atoms with Gasteiger partial charge in [-0.25, -0.2) is 0 Å². The van der Waals surface area contributed by atoms with E-state index in [1.54, 1.807) is 11.8 Å². The van der Waals surface area contributed by atoms with E-state index in [1.807, 2.05) is 25.1 Å². The summed E-state index contributed by atoms with van der Waals surface area (Å²) in [7, 11) is 0. The van der Waals surface area contributed by atoms with Gasteiger partial charge < -0.3 is 0 Å². The lowest BCUT2D eigenvalue weighted by molar-refractivity contribution is 1.28. The molecule has 0 radical (unpaired) electrons. The minimum Gasteiger partial charge on any atom is -0.298 e. The van der Waals surface area contributed by atoms with Gasteiger partial charge in [0.25, 0.3) is 0 Å². The first-order chi connectivity index (χ1) is 5.83. The molecule has 0 fully saturated rings. The maximum atomic E-state index is 7.45. The Balaban J connectivity index is 0.00000144. The van der Waals surface area contributed by atoms with Gasteiger partial charge in [0.05, 0.1) is 5.04 Å². The first-order valence-electron chi connectivity index (χ1n) is 4.07. The molecule has 1 aromatic rings. The molecule has 0 saturated heterocycles. The molecule has 0 bridgehead atoms. The van der Waals surface area contributed by atoms with E-state index in [-0.39, 0.29) is 17.0 Å². The fraction of sp³-hybridized carbons (Fsp3) is 0.300. The van der Waals surface area contributed by atoms with E-state index >= 15 is 0 Å². The number of rotatable bonds is 3. The third-order valence-electron chi connectivity index (χ3n) is 1.58. The van der Waals surface area contributed by atoms with Gasteiger partial charge in [-0.2, -0.15) is 0 Å². The lowest BCUT2D eigenvalue weighted by atomic mass is 10.2. The first kappa shape index (κ1) is 12.7. The predicted molar refractivity (Wildman–Crippen MR) is 66.1 cm³/mol. The third kappa shape index (κ3) is 5.11. The highest BCUT2D eigenvalue weighted by Crippen LogP contribution is 2.13. The summed E-state index contributed by atoms with van der Waals surface area (Å²) in [6, 6.07) is 10.3. The van der Waals surface area contributed by atoms with Crippen LogP contribution in [0, 0.1) is 5.41 Å². The fourth-order valence-corrected chi connectivity index (χ4v) is 1.58. The summed E-state index contributed by atoms with van der Waals surface area (Å²) in [6.07, 6.45) is 0.845. The normalized spacial score (nSPS) is 9.00.